The van der Waals surface area contributed by atoms with Crippen LogP contribution in [0.4, 0.5) is 0 Å². The minimum absolute atomic E-state index is 0. The Morgan fingerprint density at radius 1 is 1.62 bits per heavy atom. The number of carboxylic acids is 1. The number of hydrogen-bond donors (Lipinski definition) is 6. The van der Waals surface area contributed by atoms with Crippen LogP contribution in [-0.2, 0) is 15.9 Å². The van der Waals surface area contributed by atoms with E-state index >= 15 is 0 Å². The zero-order valence-corrected chi connectivity index (χ0v) is 6.46. The molecule has 7 N–H and O–H groups in total. The van der Waals surface area contributed by atoms with Crippen LogP contribution in [0.15, 0.2) is 0 Å². The Hall–Kier alpha value is -0.190. The van der Waals surface area contributed by atoms with Crippen molar-refractivity contribution in [3.63, 3.8) is 0 Å². The van der Waals surface area contributed by atoms with Crippen molar-refractivity contribution in [3.8, 4) is 0 Å². The van der Waals surface area contributed by atoms with Crippen LogP contribution in [0.1, 0.15) is 0 Å². The van der Waals surface area contributed by atoms with Crippen molar-refractivity contribution in [1.29, 1.82) is 5.41 Å². The topological polar surface area (TPSA) is 157 Å². The van der Waals surface area contributed by atoms with Crippen molar-refractivity contribution in [3.05, 3.63) is 0 Å². The van der Waals surface area contributed by atoms with Crippen LogP contribution in [0.5, 0.6) is 0 Å². The molecule has 0 aromatic carbocycles. The molecule has 0 fully saturated rings. The number of carboxylic acid groups (broad SMARTS) is 1. The summed E-state index contributed by atoms with van der Waals surface area (Å²) in [5, 5.41) is 21.9. The fourth-order valence-corrected chi connectivity index (χ4v) is 0.701. The van der Waals surface area contributed by atoms with Gasteiger partial charge in [-0.25, -0.2) is 9.00 Å². The third-order valence-electron chi connectivity index (χ3n) is 0.847. The number of aliphatic carboxylic acids is 1. The van der Waals surface area contributed by atoms with E-state index < -0.39 is 28.1 Å². The van der Waals surface area contributed by atoms with Crippen molar-refractivity contribution in [2.24, 2.45) is 5.73 Å². The number of nitrogens with one attached hydrogen (secondary N) is 2. The summed E-state index contributed by atoms with van der Waals surface area (Å²) in [6.45, 7) is 0. The molecule has 0 saturated carbocycles. The van der Waals surface area contributed by atoms with Crippen molar-refractivity contribution in [2.45, 2.75) is 5.06 Å². The number of aliphatic hydroxyl groups is 1. The maximum absolute atomic E-state index is 10.3. The molecule has 2 atom stereocenters. The van der Waals surface area contributed by atoms with E-state index in [0.717, 1.165) is 0 Å². The fourth-order valence-electron chi connectivity index (χ4n) is 0.354. The molecule has 0 aliphatic heterocycles. The first kappa shape index (κ1) is 15.3. The third-order valence-corrected chi connectivity index (χ3v) is 1.63. The molecule has 0 bridgehead atoms. The van der Waals surface area contributed by atoms with Gasteiger partial charge in [0.1, 0.15) is 0 Å². The van der Waals surface area contributed by atoms with Gasteiger partial charge in [-0.05, 0) is 0 Å². The van der Waals surface area contributed by atoms with Crippen molar-refractivity contribution in [1.82, 2.24) is 5.32 Å². The number of rotatable bonds is 3. The van der Waals surface area contributed by atoms with E-state index in [4.69, 9.17) is 20.2 Å². The summed E-state index contributed by atoms with van der Waals surface area (Å²) < 4.78 is 18.6. The fraction of sp³-hybridized carbons (Fsp3) is 0.333. The van der Waals surface area contributed by atoms with Crippen LogP contribution in [0.3, 0.4) is 0 Å². The molecule has 0 aromatic heterocycles. The molecule has 0 heterocycles. The molecule has 0 amide bonds. The molecule has 8 nitrogen and oxygen atoms in total. The van der Waals surface area contributed by atoms with Gasteiger partial charge in [0.2, 0.25) is 11.1 Å². The second kappa shape index (κ2) is 5.52. The second-order valence-corrected chi connectivity index (χ2v) is 2.83. The number of hydrogen-bond acceptors (Lipinski definition) is 4. The van der Waals surface area contributed by atoms with E-state index in [2.05, 4.69) is 5.73 Å². The Morgan fingerprint density at radius 2 is 2.00 bits per heavy atom. The third kappa shape index (κ3) is 4.02. The molecule has 2 unspecified atom stereocenters. The Bertz CT molecular complexity index is 231. The van der Waals surface area contributed by atoms with Crippen LogP contribution >= 0.6 is 0 Å². The molecule has 0 aromatic rings. The van der Waals surface area contributed by atoms with Gasteiger partial charge in [0.15, 0.2) is 5.96 Å². The molecule has 10 heteroatoms. The molecule has 0 rings (SSSR count). The van der Waals surface area contributed by atoms with Crippen molar-refractivity contribution >= 4 is 52.6 Å². The zero-order chi connectivity index (χ0) is 9.94. The van der Waals surface area contributed by atoms with Crippen LogP contribution in [0, 0.1) is 5.41 Å². The van der Waals surface area contributed by atoms with Crippen molar-refractivity contribution < 1.29 is 23.8 Å². The molecule has 72 valence electrons. The first-order valence-electron chi connectivity index (χ1n) is 2.49. The minimum atomic E-state index is -3.13. The van der Waals surface area contributed by atoms with Gasteiger partial charge < -0.3 is 25.8 Å². The van der Waals surface area contributed by atoms with Gasteiger partial charge >= 0.3 is 40.6 Å². The van der Waals surface area contributed by atoms with Crippen LogP contribution in [0.2, 0.25) is 0 Å². The molecule has 0 aliphatic rings. The molecule has 0 aliphatic carbocycles. The van der Waals surface area contributed by atoms with Crippen LogP contribution in [-0.4, -0.2) is 65.5 Å². The average molecular weight is 221 g/mol. The summed E-state index contributed by atoms with van der Waals surface area (Å²) in [5.41, 5.74) is 4.66. The van der Waals surface area contributed by atoms with Gasteiger partial charge in [0.25, 0.3) is 0 Å². The van der Waals surface area contributed by atoms with Crippen LogP contribution in [0.25, 0.3) is 0 Å². The monoisotopic (exact) mass is 221 g/mol. The first-order chi connectivity index (χ1) is 5.30. The number of nitrogens with two attached hydrogens (primary N) is 1. The van der Waals surface area contributed by atoms with E-state index in [0.29, 0.717) is 0 Å². The SMILES string of the molecule is N=C(N)NC(O)(C(=O)O)S(=O)O.[NaH]. The standard InChI is InChI=1S/C3H7N3O5S.Na.H/c4-2(5)6-3(9,1(7)8)12(10)11;;/h9H,(H,7,8)(H,10,11)(H4,4,5,6);;. The van der Waals surface area contributed by atoms with Crippen LogP contribution < -0.4 is 11.1 Å². The van der Waals surface area contributed by atoms with E-state index in [1.54, 1.807) is 0 Å². The quantitative estimate of drug-likeness (QED) is 0.0961. The van der Waals surface area contributed by atoms with E-state index in [1.807, 2.05) is 0 Å². The Kier molecular flexibility index (Phi) is 6.49. The Labute approximate surface area is 97.6 Å². The van der Waals surface area contributed by atoms with E-state index in [1.165, 1.54) is 5.32 Å². The summed E-state index contributed by atoms with van der Waals surface area (Å²) in [7, 11) is 0. The molecule has 0 radical (unpaired) electrons. The van der Waals surface area contributed by atoms with E-state index in [-0.39, 0.29) is 29.6 Å². The summed E-state index contributed by atoms with van der Waals surface area (Å²) in [4.78, 5) is 10.2. The average Bonchev–Trinajstić information content (AvgIpc) is 1.84. The van der Waals surface area contributed by atoms with Gasteiger partial charge in [0, 0.05) is 0 Å². The Morgan fingerprint density at radius 3 is 2.08 bits per heavy atom. The predicted molar refractivity (Wildman–Crippen MR) is 45.6 cm³/mol. The number of guanidine groups is 1. The maximum atomic E-state index is 10.3. The van der Waals surface area contributed by atoms with Gasteiger partial charge in [0.05, 0.1) is 0 Å². The van der Waals surface area contributed by atoms with Gasteiger partial charge in [-0.2, -0.15) is 0 Å². The van der Waals surface area contributed by atoms with Gasteiger partial charge in [-0.3, -0.25) is 5.41 Å². The van der Waals surface area contributed by atoms with E-state index in [9.17, 15) is 9.00 Å². The summed E-state index contributed by atoms with van der Waals surface area (Å²) in [5.74, 6) is -2.93. The normalized spacial score (nSPS) is 16.2. The van der Waals surface area contributed by atoms with Crippen molar-refractivity contribution in [2.75, 3.05) is 0 Å². The predicted octanol–water partition coefficient (Wildman–Crippen LogP) is -3.23. The summed E-state index contributed by atoms with van der Waals surface area (Å²) >= 11 is -3.10. The Balaban J connectivity index is 0. The molecule has 0 spiro atoms. The summed E-state index contributed by atoms with van der Waals surface area (Å²) in [6, 6.07) is 0. The molecule has 0 saturated heterocycles. The summed E-state index contributed by atoms with van der Waals surface area (Å²) in [6.07, 6.45) is 0. The molecule has 13 heavy (non-hydrogen) atoms. The zero-order valence-electron chi connectivity index (χ0n) is 5.64. The number of carbonyl (C=O) groups is 1. The van der Waals surface area contributed by atoms with Gasteiger partial charge in [-0.1, -0.05) is 0 Å². The first-order valence-corrected chi connectivity index (χ1v) is 3.60. The molecular weight excluding hydrogens is 213 g/mol. The molecular formula is C3H8N3NaO5S. The second-order valence-electron chi connectivity index (χ2n) is 1.74. The van der Waals surface area contributed by atoms with Gasteiger partial charge in [-0.15, -0.1) is 0 Å².